The van der Waals surface area contributed by atoms with Gasteiger partial charge in [-0.05, 0) is 30.8 Å². The number of hydrogen-bond acceptors (Lipinski definition) is 5. The van der Waals surface area contributed by atoms with Crippen LogP contribution in [0.5, 0.6) is 0 Å². The van der Waals surface area contributed by atoms with Gasteiger partial charge in [0.2, 0.25) is 5.91 Å². The van der Waals surface area contributed by atoms with E-state index in [-0.39, 0.29) is 24.5 Å². The zero-order valence-corrected chi connectivity index (χ0v) is 12.7. The Morgan fingerprint density at radius 3 is 3.00 bits per heavy atom. The second-order valence-corrected chi connectivity index (χ2v) is 6.01. The van der Waals surface area contributed by atoms with Crippen LogP contribution in [0.4, 0.5) is 0 Å². The van der Waals surface area contributed by atoms with E-state index >= 15 is 0 Å². The summed E-state index contributed by atoms with van der Waals surface area (Å²) in [6.45, 7) is 1.67. The Hall–Kier alpha value is -1.40. The molecule has 1 aromatic heterocycles. The maximum absolute atomic E-state index is 12.2. The van der Waals surface area contributed by atoms with Gasteiger partial charge in [0.05, 0.1) is 20.2 Å². The van der Waals surface area contributed by atoms with Gasteiger partial charge in [-0.15, -0.1) is 11.3 Å². The number of likely N-dealkylation sites (tertiary alicyclic amines) is 1. The van der Waals surface area contributed by atoms with Crippen LogP contribution in [0.3, 0.4) is 0 Å². The maximum atomic E-state index is 12.2. The van der Waals surface area contributed by atoms with Gasteiger partial charge in [0.15, 0.2) is 0 Å². The molecule has 1 aliphatic rings. The molecule has 1 fully saturated rings. The van der Waals surface area contributed by atoms with Crippen LogP contribution in [-0.4, -0.2) is 55.0 Å². The lowest BCUT2D eigenvalue weighted by molar-refractivity contribution is -0.146. The lowest BCUT2D eigenvalue weighted by Crippen LogP contribution is -2.43. The van der Waals surface area contributed by atoms with Gasteiger partial charge in [0.1, 0.15) is 6.04 Å². The number of likely N-dealkylation sites (N-methyl/N-ethyl adjacent to an activating group) is 1. The third kappa shape index (κ3) is 3.58. The quantitative estimate of drug-likeness (QED) is 0.770. The number of carbonyl (C=O) groups excluding carboxylic acids is 2. The largest absolute Gasteiger partial charge is 0.468 e. The molecule has 0 radical (unpaired) electrons. The van der Waals surface area contributed by atoms with Gasteiger partial charge >= 0.3 is 5.97 Å². The number of carbonyl (C=O) groups is 2. The zero-order chi connectivity index (χ0) is 14.5. The second kappa shape index (κ2) is 6.85. The molecule has 0 spiro atoms. The Bertz CT molecular complexity index is 461. The van der Waals surface area contributed by atoms with Gasteiger partial charge in [0, 0.05) is 11.9 Å². The molecule has 2 rings (SSSR count). The van der Waals surface area contributed by atoms with Crippen LogP contribution in [-0.2, 0) is 20.9 Å². The summed E-state index contributed by atoms with van der Waals surface area (Å²) in [6, 6.07) is 3.73. The molecule has 0 aliphatic carbocycles. The minimum absolute atomic E-state index is 0.0363. The molecule has 0 bridgehead atoms. The lowest BCUT2D eigenvalue weighted by Gasteiger charge is -2.24. The first-order chi connectivity index (χ1) is 9.61. The lowest BCUT2D eigenvalue weighted by atomic mass is 10.2. The predicted molar refractivity (Wildman–Crippen MR) is 77.4 cm³/mol. The second-order valence-electron chi connectivity index (χ2n) is 4.98. The summed E-state index contributed by atoms with van der Waals surface area (Å²) in [6.07, 6.45) is 1.70. The maximum Gasteiger partial charge on any atom is 0.323 e. The van der Waals surface area contributed by atoms with Crippen molar-refractivity contribution in [1.29, 1.82) is 0 Å². The van der Waals surface area contributed by atoms with E-state index in [1.54, 1.807) is 23.3 Å². The fourth-order valence-corrected chi connectivity index (χ4v) is 3.19. The van der Waals surface area contributed by atoms with Gasteiger partial charge in [0.25, 0.3) is 0 Å². The number of nitrogens with zero attached hydrogens (tertiary/aromatic N) is 2. The molecule has 1 unspecified atom stereocenters. The van der Waals surface area contributed by atoms with E-state index in [0.29, 0.717) is 6.54 Å². The van der Waals surface area contributed by atoms with Crippen LogP contribution in [0.25, 0.3) is 0 Å². The Morgan fingerprint density at radius 2 is 2.35 bits per heavy atom. The van der Waals surface area contributed by atoms with Crippen molar-refractivity contribution in [1.82, 2.24) is 9.80 Å². The molecule has 5 nitrogen and oxygen atoms in total. The molecule has 6 heteroatoms. The standard InChI is InChI=1S/C14H20N2O3S/c1-15(9-11-5-4-8-20-11)13(17)10-16-7-3-6-12(16)14(18)19-2/h4-5,8,12H,3,6-7,9-10H2,1-2H3. The van der Waals surface area contributed by atoms with Crippen LogP contribution in [0.1, 0.15) is 17.7 Å². The van der Waals surface area contributed by atoms with Crippen LogP contribution < -0.4 is 0 Å². The van der Waals surface area contributed by atoms with Gasteiger partial charge in [-0.3, -0.25) is 14.5 Å². The fourth-order valence-electron chi connectivity index (χ4n) is 2.44. The smallest absolute Gasteiger partial charge is 0.323 e. The van der Waals surface area contributed by atoms with E-state index in [2.05, 4.69) is 0 Å². The van der Waals surface area contributed by atoms with E-state index in [1.807, 2.05) is 22.4 Å². The summed E-state index contributed by atoms with van der Waals surface area (Å²) in [7, 11) is 3.19. The van der Waals surface area contributed by atoms with E-state index in [0.717, 1.165) is 24.3 Å². The summed E-state index contributed by atoms with van der Waals surface area (Å²) in [5.41, 5.74) is 0. The monoisotopic (exact) mass is 296 g/mol. The molecule has 1 atom stereocenters. The van der Waals surface area contributed by atoms with Crippen LogP contribution in [0.2, 0.25) is 0 Å². The van der Waals surface area contributed by atoms with Crippen LogP contribution in [0, 0.1) is 0 Å². The summed E-state index contributed by atoms with van der Waals surface area (Å²) in [5.74, 6) is -0.203. The minimum atomic E-state index is -0.265. The number of thiophene rings is 1. The number of hydrogen-bond donors (Lipinski definition) is 0. The highest BCUT2D eigenvalue weighted by molar-refractivity contribution is 7.09. The topological polar surface area (TPSA) is 49.9 Å². The Labute approximate surface area is 123 Å². The molecule has 1 amide bonds. The van der Waals surface area contributed by atoms with E-state index in [9.17, 15) is 9.59 Å². The molecule has 110 valence electrons. The summed E-state index contributed by atoms with van der Waals surface area (Å²) >= 11 is 1.64. The van der Waals surface area contributed by atoms with Crippen LogP contribution in [0.15, 0.2) is 17.5 Å². The van der Waals surface area contributed by atoms with Gasteiger partial charge < -0.3 is 9.64 Å². The molecule has 2 heterocycles. The van der Waals surface area contributed by atoms with Crippen LogP contribution >= 0.6 is 11.3 Å². The summed E-state index contributed by atoms with van der Waals surface area (Å²) in [4.78, 5) is 28.6. The molecule has 1 aliphatic heterocycles. The van der Waals surface area contributed by atoms with Gasteiger partial charge in [-0.1, -0.05) is 6.07 Å². The first-order valence-electron chi connectivity index (χ1n) is 6.70. The molecule has 0 aromatic carbocycles. The summed E-state index contributed by atoms with van der Waals surface area (Å²) < 4.78 is 4.79. The van der Waals surface area contributed by atoms with E-state index in [4.69, 9.17) is 4.74 Å². The third-order valence-electron chi connectivity index (χ3n) is 3.57. The molecule has 0 saturated carbocycles. The van der Waals surface area contributed by atoms with Crippen molar-refractivity contribution in [3.05, 3.63) is 22.4 Å². The Kier molecular flexibility index (Phi) is 5.14. The van der Waals surface area contributed by atoms with Crippen molar-refractivity contribution >= 4 is 23.2 Å². The van der Waals surface area contributed by atoms with Gasteiger partial charge in [-0.2, -0.15) is 0 Å². The highest BCUT2D eigenvalue weighted by atomic mass is 32.1. The van der Waals surface area contributed by atoms with Crippen molar-refractivity contribution in [2.45, 2.75) is 25.4 Å². The van der Waals surface area contributed by atoms with E-state index < -0.39 is 0 Å². The number of methoxy groups -OCH3 is 1. The third-order valence-corrected chi connectivity index (χ3v) is 4.44. The van der Waals surface area contributed by atoms with E-state index in [1.165, 1.54) is 7.11 Å². The SMILES string of the molecule is COC(=O)C1CCCN1CC(=O)N(C)Cc1cccs1. The molecule has 0 N–H and O–H groups in total. The normalized spacial score (nSPS) is 19.0. The fraction of sp³-hybridized carbons (Fsp3) is 0.571. The molecule has 1 aromatic rings. The average Bonchev–Trinajstić information content (AvgIpc) is 3.09. The highest BCUT2D eigenvalue weighted by Gasteiger charge is 2.33. The highest BCUT2D eigenvalue weighted by Crippen LogP contribution is 2.18. The number of amides is 1. The van der Waals surface area contributed by atoms with Gasteiger partial charge in [-0.25, -0.2) is 0 Å². The van der Waals surface area contributed by atoms with Crippen molar-refractivity contribution in [3.63, 3.8) is 0 Å². The number of rotatable bonds is 5. The Morgan fingerprint density at radius 1 is 1.55 bits per heavy atom. The first-order valence-corrected chi connectivity index (χ1v) is 7.58. The average molecular weight is 296 g/mol. The first kappa shape index (κ1) is 15.0. The molecular formula is C14H20N2O3S. The molecular weight excluding hydrogens is 276 g/mol. The number of esters is 1. The minimum Gasteiger partial charge on any atom is -0.468 e. The predicted octanol–water partition coefficient (Wildman–Crippen LogP) is 1.34. The number of ether oxygens (including phenoxy) is 1. The van der Waals surface area contributed by atoms with Crippen molar-refractivity contribution in [2.24, 2.45) is 0 Å². The zero-order valence-electron chi connectivity index (χ0n) is 11.9. The molecule has 1 saturated heterocycles. The van der Waals surface area contributed by atoms with Crippen molar-refractivity contribution < 1.29 is 14.3 Å². The summed E-state index contributed by atoms with van der Waals surface area (Å²) in [5, 5.41) is 2.00. The molecule has 20 heavy (non-hydrogen) atoms. The van der Waals surface area contributed by atoms with Crippen molar-refractivity contribution in [3.8, 4) is 0 Å². The van der Waals surface area contributed by atoms with Crippen molar-refractivity contribution in [2.75, 3.05) is 27.2 Å². The Balaban J connectivity index is 1.88.